The first-order valence-corrected chi connectivity index (χ1v) is 12.4. The summed E-state index contributed by atoms with van der Waals surface area (Å²) in [6.45, 7) is 8.29. The van der Waals surface area contributed by atoms with Crippen LogP contribution in [0.3, 0.4) is 0 Å². The zero-order valence-electron chi connectivity index (χ0n) is 19.6. The molecule has 0 saturated carbocycles. The molecule has 5 nitrogen and oxygen atoms in total. The van der Waals surface area contributed by atoms with E-state index in [4.69, 9.17) is 17.1 Å². The molecule has 174 valence electrons. The van der Waals surface area contributed by atoms with Gasteiger partial charge < -0.3 is 10.6 Å². The van der Waals surface area contributed by atoms with Gasteiger partial charge in [-0.25, -0.2) is 5.53 Å². The molecule has 33 heavy (non-hydrogen) atoms. The minimum Gasteiger partial charge on any atom is -0.383 e. The Bertz CT molecular complexity index is 1060. The number of anilines is 1. The third-order valence-corrected chi connectivity index (χ3v) is 6.85. The van der Waals surface area contributed by atoms with Gasteiger partial charge in [0.25, 0.3) is 0 Å². The van der Waals surface area contributed by atoms with Crippen molar-refractivity contribution in [2.75, 3.05) is 31.5 Å². The quantitative estimate of drug-likeness (QED) is 0.384. The van der Waals surface area contributed by atoms with E-state index in [1.54, 1.807) is 0 Å². The predicted molar refractivity (Wildman–Crippen MR) is 139 cm³/mol. The van der Waals surface area contributed by atoms with Crippen molar-refractivity contribution in [2.45, 2.75) is 45.6 Å². The van der Waals surface area contributed by atoms with Crippen LogP contribution in [0.2, 0.25) is 5.02 Å². The summed E-state index contributed by atoms with van der Waals surface area (Å²) in [4.78, 5) is 2.55. The molecule has 4 rings (SSSR count). The molecule has 2 aliphatic rings. The fourth-order valence-corrected chi connectivity index (χ4v) is 4.93. The summed E-state index contributed by atoms with van der Waals surface area (Å²) in [6.07, 6.45) is 6.91. The van der Waals surface area contributed by atoms with Crippen LogP contribution < -0.4 is 10.6 Å². The van der Waals surface area contributed by atoms with Gasteiger partial charge in [-0.1, -0.05) is 49.2 Å². The monoisotopic (exact) mass is 463 g/mol. The van der Waals surface area contributed by atoms with Gasteiger partial charge in [-0.2, -0.15) is 5.11 Å². The van der Waals surface area contributed by atoms with Crippen molar-refractivity contribution in [3.05, 3.63) is 76.0 Å². The highest BCUT2D eigenvalue weighted by atomic mass is 35.5. The fraction of sp³-hybridized carbons (Fsp3) is 0.407. The highest BCUT2D eigenvalue weighted by Gasteiger charge is 2.24. The standard InChI is InChI=1S/C27H34ClN5/c1-3-4-14-33-15-11-20(12-16-33)21-8-9-24-25(17-21)26(10-13-30-27(24)19(2)32-29)31-23-7-5-6-22(28)18-23/h5-9,11,17-18,26,29-31H,3-4,10,12-16H2,1-2H3/b27-19-,32-29?. The van der Waals surface area contributed by atoms with Crippen LogP contribution in [0.5, 0.6) is 0 Å². The van der Waals surface area contributed by atoms with Gasteiger partial charge >= 0.3 is 0 Å². The summed E-state index contributed by atoms with van der Waals surface area (Å²) >= 11 is 6.24. The molecule has 0 amide bonds. The molecular formula is C27H34ClN5. The lowest BCUT2D eigenvalue weighted by atomic mass is 9.90. The molecule has 2 aromatic carbocycles. The molecule has 1 atom stereocenters. The maximum atomic E-state index is 7.56. The van der Waals surface area contributed by atoms with Gasteiger partial charge in [-0.05, 0) is 73.7 Å². The summed E-state index contributed by atoms with van der Waals surface area (Å²) in [5.74, 6) is 0. The Morgan fingerprint density at radius 2 is 2.15 bits per heavy atom. The third-order valence-electron chi connectivity index (χ3n) is 6.62. The molecule has 0 fully saturated rings. The SMILES string of the molecule is CCCCN1CC=C(c2ccc3c(c2)C(Nc2cccc(Cl)c2)CCN/C3=C(/C)N=N)CC1. The molecule has 0 radical (unpaired) electrons. The number of allylic oxidation sites excluding steroid dienone is 1. The Kier molecular flexibility index (Phi) is 7.84. The minimum atomic E-state index is 0.132. The normalized spacial score (nSPS) is 20.2. The predicted octanol–water partition coefficient (Wildman–Crippen LogP) is 7.10. The second-order valence-corrected chi connectivity index (χ2v) is 9.37. The average Bonchev–Trinajstić information content (AvgIpc) is 3.02. The Labute approximate surface area is 202 Å². The van der Waals surface area contributed by atoms with Crippen molar-refractivity contribution in [3.8, 4) is 0 Å². The molecule has 0 aromatic heterocycles. The summed E-state index contributed by atoms with van der Waals surface area (Å²) in [5, 5.41) is 11.7. The zero-order chi connectivity index (χ0) is 23.2. The first-order chi connectivity index (χ1) is 16.1. The number of halogens is 1. The molecule has 2 heterocycles. The summed E-state index contributed by atoms with van der Waals surface area (Å²) in [6, 6.07) is 14.8. The molecule has 3 N–H and O–H groups in total. The van der Waals surface area contributed by atoms with Gasteiger partial charge in [0.15, 0.2) is 0 Å². The van der Waals surface area contributed by atoms with Gasteiger partial charge in [0, 0.05) is 35.9 Å². The van der Waals surface area contributed by atoms with Crippen molar-refractivity contribution >= 4 is 28.6 Å². The topological polar surface area (TPSA) is 63.5 Å². The number of rotatable bonds is 7. The van der Waals surface area contributed by atoms with Crippen molar-refractivity contribution in [1.82, 2.24) is 10.2 Å². The Morgan fingerprint density at radius 1 is 1.27 bits per heavy atom. The number of nitrogens with one attached hydrogen (secondary N) is 3. The number of hydrogen-bond acceptors (Lipinski definition) is 5. The van der Waals surface area contributed by atoms with Crippen LogP contribution in [-0.4, -0.2) is 31.1 Å². The van der Waals surface area contributed by atoms with Crippen molar-refractivity contribution in [2.24, 2.45) is 5.11 Å². The van der Waals surface area contributed by atoms with E-state index >= 15 is 0 Å². The van der Waals surface area contributed by atoms with E-state index in [1.165, 1.54) is 36.1 Å². The van der Waals surface area contributed by atoms with E-state index in [9.17, 15) is 0 Å². The van der Waals surface area contributed by atoms with E-state index in [-0.39, 0.29) is 6.04 Å². The largest absolute Gasteiger partial charge is 0.383 e. The lowest BCUT2D eigenvalue weighted by molar-refractivity contribution is 0.297. The van der Waals surface area contributed by atoms with E-state index in [0.29, 0.717) is 5.70 Å². The maximum Gasteiger partial charge on any atom is 0.0829 e. The number of unbranched alkanes of at least 4 members (excludes halogenated alkanes) is 1. The van der Waals surface area contributed by atoms with Crippen molar-refractivity contribution in [1.29, 1.82) is 5.53 Å². The molecule has 6 heteroatoms. The second kappa shape index (κ2) is 11.0. The number of fused-ring (bicyclic) bond motifs is 1. The maximum absolute atomic E-state index is 7.56. The van der Waals surface area contributed by atoms with Crippen molar-refractivity contribution in [3.63, 3.8) is 0 Å². The fourth-order valence-electron chi connectivity index (χ4n) is 4.74. The van der Waals surface area contributed by atoms with Gasteiger partial charge in [0.05, 0.1) is 17.4 Å². The molecule has 0 bridgehead atoms. The Balaban J connectivity index is 1.69. The molecule has 0 spiro atoms. The molecular weight excluding hydrogens is 430 g/mol. The van der Waals surface area contributed by atoms with Gasteiger partial charge in [-0.15, -0.1) is 0 Å². The van der Waals surface area contributed by atoms with Crippen LogP contribution >= 0.6 is 11.6 Å². The van der Waals surface area contributed by atoms with Crippen LogP contribution in [0.25, 0.3) is 11.3 Å². The van der Waals surface area contributed by atoms with Crippen LogP contribution in [-0.2, 0) is 0 Å². The molecule has 0 aliphatic carbocycles. The van der Waals surface area contributed by atoms with Crippen LogP contribution in [0, 0.1) is 5.53 Å². The second-order valence-electron chi connectivity index (χ2n) is 8.93. The van der Waals surface area contributed by atoms with E-state index in [2.05, 4.69) is 57.9 Å². The van der Waals surface area contributed by atoms with Gasteiger partial charge in [0.2, 0.25) is 0 Å². The smallest absolute Gasteiger partial charge is 0.0829 e. The molecule has 2 aliphatic heterocycles. The summed E-state index contributed by atoms with van der Waals surface area (Å²) in [7, 11) is 0. The van der Waals surface area contributed by atoms with Gasteiger partial charge in [-0.3, -0.25) is 4.90 Å². The Hall–Kier alpha value is -2.63. The number of hydrogen-bond donors (Lipinski definition) is 3. The van der Waals surface area contributed by atoms with Crippen molar-refractivity contribution < 1.29 is 0 Å². The highest BCUT2D eigenvalue weighted by Crippen LogP contribution is 2.36. The van der Waals surface area contributed by atoms with E-state index < -0.39 is 0 Å². The lowest BCUT2D eigenvalue weighted by Crippen LogP contribution is -2.29. The molecule has 1 unspecified atom stereocenters. The molecule has 0 saturated heterocycles. The third kappa shape index (κ3) is 5.66. The number of nitrogens with zero attached hydrogens (tertiary/aromatic N) is 2. The highest BCUT2D eigenvalue weighted by molar-refractivity contribution is 6.30. The van der Waals surface area contributed by atoms with E-state index in [1.807, 2.05) is 25.1 Å². The average molecular weight is 464 g/mol. The molecule has 2 aromatic rings. The Morgan fingerprint density at radius 3 is 2.88 bits per heavy atom. The first-order valence-electron chi connectivity index (χ1n) is 12.0. The van der Waals surface area contributed by atoms with Gasteiger partial charge in [0.1, 0.15) is 0 Å². The van der Waals surface area contributed by atoms with Crippen LogP contribution in [0.4, 0.5) is 5.69 Å². The minimum absolute atomic E-state index is 0.132. The summed E-state index contributed by atoms with van der Waals surface area (Å²) < 4.78 is 0. The first kappa shape index (κ1) is 23.5. The summed E-state index contributed by atoms with van der Waals surface area (Å²) in [5.41, 5.74) is 15.3. The zero-order valence-corrected chi connectivity index (χ0v) is 20.4. The van der Waals surface area contributed by atoms with Crippen LogP contribution in [0.1, 0.15) is 62.3 Å². The lowest BCUT2D eigenvalue weighted by Gasteiger charge is -2.27. The van der Waals surface area contributed by atoms with E-state index in [0.717, 1.165) is 54.4 Å². The van der Waals surface area contributed by atoms with Crippen LogP contribution in [0.15, 0.2) is 59.4 Å². The number of benzene rings is 2.